The van der Waals surface area contributed by atoms with Gasteiger partial charge in [0.15, 0.2) is 0 Å². The van der Waals surface area contributed by atoms with Gasteiger partial charge in [0.2, 0.25) is 5.56 Å². The summed E-state index contributed by atoms with van der Waals surface area (Å²) in [7, 11) is 2.49. The molecule has 1 aromatic rings. The Balaban J connectivity index is 1.86. The average Bonchev–Trinajstić information content (AvgIpc) is 2.62. The van der Waals surface area contributed by atoms with Crippen LogP contribution in [0.1, 0.15) is 94.7 Å². The molecule has 1 fully saturated rings. The number of hydrogen-bond acceptors (Lipinski definition) is 2. The fraction of sp³-hybridized carbons (Fsp3) is 0.810. The maximum absolute atomic E-state index is 13.2. The minimum absolute atomic E-state index is 0.0158. The number of aromatic nitrogens is 2. The van der Waals surface area contributed by atoms with Gasteiger partial charge in [0, 0.05) is 18.3 Å². The third kappa shape index (κ3) is 4.72. The zero-order valence-corrected chi connectivity index (χ0v) is 16.6. The lowest BCUT2D eigenvalue weighted by Crippen LogP contribution is -2.46. The summed E-state index contributed by atoms with van der Waals surface area (Å²) in [5.74, 6) is 0.477. The Labute approximate surface area is 158 Å². The molecule has 0 N–H and O–H groups in total. The highest BCUT2D eigenvalue weighted by atomic mass is 16.2. The summed E-state index contributed by atoms with van der Waals surface area (Å²) in [6.07, 6.45) is 17.7. The van der Waals surface area contributed by atoms with Crippen molar-refractivity contribution in [3.8, 4) is 0 Å². The normalized spacial score (nSPS) is 20.7. The molecule has 0 amide bonds. The Morgan fingerprint density at radius 2 is 1.31 bits per heavy atom. The zero-order chi connectivity index (χ0) is 18.4. The highest BCUT2D eigenvalue weighted by Crippen LogP contribution is 2.25. The molecule has 0 aromatic carbocycles. The van der Waals surface area contributed by atoms with Crippen LogP contribution < -0.4 is 11.2 Å². The van der Waals surface area contributed by atoms with Crippen molar-refractivity contribution in [2.24, 2.45) is 7.05 Å². The molecule has 0 saturated heterocycles. The summed E-state index contributed by atoms with van der Waals surface area (Å²) in [4.78, 5) is 26.1. The van der Waals surface area contributed by atoms with Gasteiger partial charge in [0.1, 0.15) is 0 Å². The molecule has 26 heavy (non-hydrogen) atoms. The lowest BCUT2D eigenvalue weighted by Gasteiger charge is -2.22. The SMILES string of the molecule is Cn1c2c(c(=O)n(BC3CCCCCCCCC3)c1=O)CCCCCC2. The lowest BCUT2D eigenvalue weighted by atomic mass is 9.69. The molecule has 1 saturated carbocycles. The Morgan fingerprint density at radius 3 is 1.96 bits per heavy atom. The number of fused-ring (bicyclic) bond motifs is 1. The predicted molar refractivity (Wildman–Crippen MR) is 110 cm³/mol. The number of nitrogens with zero attached hydrogens (tertiary/aromatic N) is 2. The van der Waals surface area contributed by atoms with Gasteiger partial charge >= 0.3 is 5.69 Å². The van der Waals surface area contributed by atoms with E-state index in [9.17, 15) is 9.59 Å². The maximum atomic E-state index is 13.2. The van der Waals surface area contributed by atoms with E-state index in [0.29, 0.717) is 13.2 Å². The minimum Gasteiger partial charge on any atom is -0.311 e. The van der Waals surface area contributed by atoms with Crippen LogP contribution in [-0.4, -0.2) is 16.5 Å². The van der Waals surface area contributed by atoms with Crippen LogP contribution in [0.2, 0.25) is 5.82 Å². The van der Waals surface area contributed by atoms with Crippen LogP contribution in [0, 0.1) is 0 Å². The predicted octanol–water partition coefficient (Wildman–Crippen LogP) is 3.72. The van der Waals surface area contributed by atoms with Crippen LogP contribution in [0.3, 0.4) is 0 Å². The molecule has 5 heteroatoms. The molecule has 0 bridgehead atoms. The van der Waals surface area contributed by atoms with E-state index >= 15 is 0 Å². The smallest absolute Gasteiger partial charge is 0.311 e. The molecular formula is C21H35BN2O2. The van der Waals surface area contributed by atoms with Crippen molar-refractivity contribution in [2.45, 2.75) is 102 Å². The van der Waals surface area contributed by atoms with E-state index in [1.54, 1.807) is 9.05 Å². The van der Waals surface area contributed by atoms with E-state index in [-0.39, 0.29) is 11.2 Å². The summed E-state index contributed by atoms with van der Waals surface area (Å²) in [5, 5.41) is 0. The molecule has 2 aliphatic rings. The van der Waals surface area contributed by atoms with Gasteiger partial charge in [0.25, 0.3) is 7.41 Å². The van der Waals surface area contributed by atoms with Crippen LogP contribution >= 0.6 is 0 Å². The van der Waals surface area contributed by atoms with Gasteiger partial charge < -0.3 is 9.05 Å². The average molecular weight is 358 g/mol. The largest absolute Gasteiger partial charge is 0.318 e. The molecule has 0 atom stereocenters. The van der Waals surface area contributed by atoms with Crippen molar-refractivity contribution in [1.29, 1.82) is 0 Å². The first-order chi connectivity index (χ1) is 12.7. The van der Waals surface area contributed by atoms with Crippen LogP contribution in [0.25, 0.3) is 0 Å². The Morgan fingerprint density at radius 1 is 0.769 bits per heavy atom. The molecule has 1 heterocycles. The van der Waals surface area contributed by atoms with Gasteiger partial charge in [-0.05, 0) is 31.5 Å². The molecule has 144 valence electrons. The fourth-order valence-electron chi connectivity index (χ4n) is 4.89. The van der Waals surface area contributed by atoms with Crippen molar-refractivity contribution in [1.82, 2.24) is 9.05 Å². The third-order valence-corrected chi connectivity index (χ3v) is 6.53. The summed E-state index contributed by atoms with van der Waals surface area (Å²) < 4.78 is 3.36. The molecule has 2 aliphatic carbocycles. The highest BCUT2D eigenvalue weighted by molar-refractivity contribution is 6.35. The fourth-order valence-corrected chi connectivity index (χ4v) is 4.89. The molecular weight excluding hydrogens is 323 g/mol. The second-order valence-electron chi connectivity index (χ2n) is 8.52. The van der Waals surface area contributed by atoms with E-state index in [2.05, 4.69) is 0 Å². The van der Waals surface area contributed by atoms with Gasteiger partial charge in [-0.1, -0.05) is 70.6 Å². The quantitative estimate of drug-likeness (QED) is 0.757. The zero-order valence-electron chi connectivity index (χ0n) is 16.6. The van der Waals surface area contributed by atoms with Crippen molar-refractivity contribution in [2.75, 3.05) is 0 Å². The molecule has 4 nitrogen and oxygen atoms in total. The molecule has 0 spiro atoms. The maximum Gasteiger partial charge on any atom is 0.318 e. The van der Waals surface area contributed by atoms with E-state index < -0.39 is 0 Å². The van der Waals surface area contributed by atoms with Crippen LogP contribution in [-0.2, 0) is 19.9 Å². The van der Waals surface area contributed by atoms with Crippen LogP contribution in [0.15, 0.2) is 9.59 Å². The molecule has 1 aromatic heterocycles. The van der Waals surface area contributed by atoms with Gasteiger partial charge in [-0.15, -0.1) is 0 Å². The monoisotopic (exact) mass is 358 g/mol. The van der Waals surface area contributed by atoms with E-state index in [4.69, 9.17) is 0 Å². The number of rotatable bonds is 2. The standard InChI is InChI=1S/C21H35BN2O2/c1-23-19-16-12-8-7-11-15-18(19)20(25)24(21(23)26)22-17-13-9-5-3-2-4-6-10-14-17/h17,22H,2-16H2,1H3. The highest BCUT2D eigenvalue weighted by Gasteiger charge is 2.21. The van der Waals surface area contributed by atoms with Gasteiger partial charge in [-0.25, -0.2) is 4.79 Å². The van der Waals surface area contributed by atoms with Gasteiger partial charge in [-0.3, -0.25) is 4.79 Å². The molecule has 3 rings (SSSR count). The summed E-state index contributed by atoms with van der Waals surface area (Å²) in [5.41, 5.74) is 1.85. The molecule has 0 aliphatic heterocycles. The van der Waals surface area contributed by atoms with Gasteiger partial charge in [0.05, 0.1) is 0 Å². The number of hydrogen-bond donors (Lipinski definition) is 0. The van der Waals surface area contributed by atoms with Gasteiger partial charge in [-0.2, -0.15) is 0 Å². The first kappa shape index (κ1) is 19.5. The topological polar surface area (TPSA) is 44.0 Å². The Kier molecular flexibility index (Phi) is 7.21. The summed E-state index contributed by atoms with van der Waals surface area (Å²) >= 11 is 0. The van der Waals surface area contributed by atoms with Crippen LogP contribution in [0.5, 0.6) is 0 Å². The summed E-state index contributed by atoms with van der Waals surface area (Å²) in [6, 6.07) is 0. The second kappa shape index (κ2) is 9.61. The van der Waals surface area contributed by atoms with E-state index in [1.807, 2.05) is 7.05 Å². The van der Waals surface area contributed by atoms with E-state index in [0.717, 1.165) is 49.8 Å². The summed E-state index contributed by atoms with van der Waals surface area (Å²) in [6.45, 7) is 0. The second-order valence-corrected chi connectivity index (χ2v) is 8.52. The van der Waals surface area contributed by atoms with Crippen molar-refractivity contribution >= 4 is 7.41 Å². The Bertz CT molecular complexity index is 697. The van der Waals surface area contributed by atoms with Crippen molar-refractivity contribution < 1.29 is 0 Å². The molecule has 0 unspecified atom stereocenters. The minimum atomic E-state index is -0.0913. The Hall–Kier alpha value is -1.26. The van der Waals surface area contributed by atoms with Crippen molar-refractivity contribution in [3.05, 3.63) is 32.1 Å². The van der Waals surface area contributed by atoms with E-state index in [1.165, 1.54) is 57.8 Å². The third-order valence-electron chi connectivity index (χ3n) is 6.53. The molecule has 0 radical (unpaired) electrons. The first-order valence-electron chi connectivity index (χ1n) is 11.0. The lowest BCUT2D eigenvalue weighted by molar-refractivity contribution is 0.499. The van der Waals surface area contributed by atoms with Crippen LogP contribution in [0.4, 0.5) is 0 Å². The first-order valence-corrected chi connectivity index (χ1v) is 11.0. The van der Waals surface area contributed by atoms with Crippen molar-refractivity contribution in [3.63, 3.8) is 0 Å².